The normalized spacial score (nSPS) is 13.1. The zero-order chi connectivity index (χ0) is 25.6. The van der Waals surface area contributed by atoms with Gasteiger partial charge in [-0.15, -0.1) is 0 Å². The largest absolute Gasteiger partial charge is 0.378 e. The Balaban J connectivity index is 1.24. The number of imidazole rings is 1. The van der Waals surface area contributed by atoms with Crippen molar-refractivity contribution in [2.24, 2.45) is 0 Å². The molecule has 0 atom stereocenters. The number of anilines is 3. The summed E-state index contributed by atoms with van der Waals surface area (Å²) in [7, 11) is 0. The quantitative estimate of drug-likeness (QED) is 0.360. The van der Waals surface area contributed by atoms with Gasteiger partial charge in [0.15, 0.2) is 11.4 Å². The number of nitrogens with one attached hydrogen (secondary N) is 1. The molecule has 0 bridgehead atoms. The first kappa shape index (κ1) is 24.3. The van der Waals surface area contributed by atoms with Crippen LogP contribution in [0.2, 0.25) is 0 Å². The number of aromatic nitrogens is 4. The Morgan fingerprint density at radius 1 is 1.00 bits per heavy atom. The van der Waals surface area contributed by atoms with Gasteiger partial charge < -0.3 is 19.5 Å². The number of hydrogen-bond acceptors (Lipinski definition) is 9. The van der Waals surface area contributed by atoms with Crippen LogP contribution in [0.4, 0.5) is 17.3 Å². The second kappa shape index (κ2) is 11.1. The van der Waals surface area contributed by atoms with E-state index < -0.39 is 0 Å². The third-order valence-electron chi connectivity index (χ3n) is 5.97. The van der Waals surface area contributed by atoms with Crippen LogP contribution in [0, 0.1) is 29.6 Å². The standard InChI is InChI=1S/C27H24N8OS/c1-19-16-30-27(32-21-4-6-22(7-5-21)34-10-12-36-13-11-34)33-26(19)37-23-8-2-20(3-9-23)17-35-18-31-24(14-28)25(35)15-29/h2-9,16,18H,10-13,17H2,1H3,(H,30,32,33). The van der Waals surface area contributed by atoms with Gasteiger partial charge in [-0.05, 0) is 48.9 Å². The van der Waals surface area contributed by atoms with Crippen molar-refractivity contribution in [1.82, 2.24) is 19.5 Å². The predicted octanol–water partition coefficient (Wildman–Crippen LogP) is 4.50. The molecule has 37 heavy (non-hydrogen) atoms. The molecule has 4 aromatic rings. The molecule has 0 amide bonds. The zero-order valence-electron chi connectivity index (χ0n) is 20.3. The number of hydrogen-bond donors (Lipinski definition) is 1. The second-order valence-corrected chi connectivity index (χ2v) is 9.55. The Morgan fingerprint density at radius 3 is 2.46 bits per heavy atom. The van der Waals surface area contributed by atoms with Crippen LogP contribution in [-0.4, -0.2) is 45.8 Å². The summed E-state index contributed by atoms with van der Waals surface area (Å²) in [6, 6.07) is 20.3. The average Bonchev–Trinajstić information content (AvgIpc) is 3.34. The highest BCUT2D eigenvalue weighted by atomic mass is 32.2. The van der Waals surface area contributed by atoms with Crippen LogP contribution in [0.1, 0.15) is 22.5 Å². The van der Waals surface area contributed by atoms with Gasteiger partial charge in [-0.1, -0.05) is 23.9 Å². The van der Waals surface area contributed by atoms with Crippen molar-refractivity contribution in [1.29, 1.82) is 10.5 Å². The van der Waals surface area contributed by atoms with Crippen LogP contribution in [0.25, 0.3) is 0 Å². The molecular formula is C27H24N8OS. The van der Waals surface area contributed by atoms with E-state index in [9.17, 15) is 5.26 Å². The highest BCUT2D eigenvalue weighted by molar-refractivity contribution is 7.99. The smallest absolute Gasteiger partial charge is 0.228 e. The molecule has 3 heterocycles. The summed E-state index contributed by atoms with van der Waals surface area (Å²) in [4.78, 5) is 16.5. The number of ether oxygens (including phenoxy) is 1. The lowest BCUT2D eigenvalue weighted by molar-refractivity contribution is 0.122. The van der Waals surface area contributed by atoms with Crippen LogP contribution in [0.5, 0.6) is 0 Å². The molecule has 1 aliphatic rings. The minimum absolute atomic E-state index is 0.145. The van der Waals surface area contributed by atoms with E-state index in [2.05, 4.69) is 38.4 Å². The first-order valence-electron chi connectivity index (χ1n) is 11.8. The first-order valence-corrected chi connectivity index (χ1v) is 12.6. The first-order chi connectivity index (χ1) is 18.1. The summed E-state index contributed by atoms with van der Waals surface area (Å²) in [6.07, 6.45) is 3.35. The monoisotopic (exact) mass is 508 g/mol. The van der Waals surface area contributed by atoms with Gasteiger partial charge in [-0.2, -0.15) is 10.5 Å². The lowest BCUT2D eigenvalue weighted by Gasteiger charge is -2.28. The van der Waals surface area contributed by atoms with Crippen molar-refractivity contribution in [2.75, 3.05) is 36.5 Å². The van der Waals surface area contributed by atoms with Crippen molar-refractivity contribution in [3.63, 3.8) is 0 Å². The van der Waals surface area contributed by atoms with E-state index >= 15 is 0 Å². The van der Waals surface area contributed by atoms with Gasteiger partial charge in [0.05, 0.1) is 19.5 Å². The fraction of sp³-hybridized carbons (Fsp3) is 0.222. The van der Waals surface area contributed by atoms with Gasteiger partial charge in [-0.3, -0.25) is 0 Å². The van der Waals surface area contributed by atoms with E-state index in [1.54, 1.807) is 16.3 Å². The SMILES string of the molecule is Cc1cnc(Nc2ccc(N3CCOCC3)cc2)nc1Sc1ccc(Cn2cnc(C#N)c2C#N)cc1. The van der Waals surface area contributed by atoms with Gasteiger partial charge >= 0.3 is 0 Å². The molecule has 2 aromatic carbocycles. The van der Waals surface area contributed by atoms with E-state index in [0.29, 0.717) is 12.5 Å². The van der Waals surface area contributed by atoms with E-state index in [-0.39, 0.29) is 11.4 Å². The lowest BCUT2D eigenvalue weighted by Crippen LogP contribution is -2.36. The topological polar surface area (TPSA) is 116 Å². The van der Waals surface area contributed by atoms with E-state index in [1.807, 2.05) is 55.6 Å². The van der Waals surface area contributed by atoms with Gasteiger partial charge in [0.25, 0.3) is 0 Å². The van der Waals surface area contributed by atoms with E-state index in [4.69, 9.17) is 15.0 Å². The molecule has 0 unspecified atom stereocenters. The molecule has 5 rings (SSSR count). The Labute approximate surface area is 219 Å². The predicted molar refractivity (Wildman–Crippen MR) is 141 cm³/mol. The molecule has 2 aromatic heterocycles. The molecule has 1 fully saturated rings. The molecule has 9 nitrogen and oxygen atoms in total. The van der Waals surface area contributed by atoms with Crippen LogP contribution in [-0.2, 0) is 11.3 Å². The van der Waals surface area contributed by atoms with Gasteiger partial charge in [-0.25, -0.2) is 15.0 Å². The number of aryl methyl sites for hydroxylation is 1. The summed E-state index contributed by atoms with van der Waals surface area (Å²) >= 11 is 1.57. The summed E-state index contributed by atoms with van der Waals surface area (Å²) in [5, 5.41) is 22.6. The number of benzene rings is 2. The zero-order valence-corrected chi connectivity index (χ0v) is 21.1. The fourth-order valence-electron chi connectivity index (χ4n) is 3.97. The Kier molecular flexibility index (Phi) is 7.31. The molecule has 10 heteroatoms. The maximum atomic E-state index is 9.32. The summed E-state index contributed by atoms with van der Waals surface area (Å²) in [5.74, 6) is 0.543. The van der Waals surface area contributed by atoms with Crippen molar-refractivity contribution < 1.29 is 4.74 Å². The van der Waals surface area contributed by atoms with Crippen LogP contribution < -0.4 is 10.2 Å². The van der Waals surface area contributed by atoms with Crippen molar-refractivity contribution >= 4 is 29.1 Å². The molecular weight excluding hydrogens is 484 g/mol. The maximum absolute atomic E-state index is 9.32. The molecule has 0 aliphatic carbocycles. The van der Waals surface area contributed by atoms with E-state index in [0.717, 1.165) is 53.0 Å². The second-order valence-electron chi connectivity index (χ2n) is 8.49. The average molecular weight is 509 g/mol. The van der Waals surface area contributed by atoms with Gasteiger partial charge in [0.2, 0.25) is 5.95 Å². The molecule has 0 radical (unpaired) electrons. The van der Waals surface area contributed by atoms with Crippen molar-refractivity contribution in [3.8, 4) is 12.1 Å². The fourth-order valence-corrected chi connectivity index (χ4v) is 4.81. The van der Waals surface area contributed by atoms with Gasteiger partial charge in [0.1, 0.15) is 17.2 Å². The molecule has 1 aliphatic heterocycles. The van der Waals surface area contributed by atoms with Crippen LogP contribution in [0.15, 0.2) is 71.0 Å². The number of rotatable bonds is 7. The Hall–Kier alpha value is -4.38. The number of morpholine rings is 1. The molecule has 0 spiro atoms. The lowest BCUT2D eigenvalue weighted by atomic mass is 10.2. The third-order valence-corrected chi connectivity index (χ3v) is 7.08. The van der Waals surface area contributed by atoms with Crippen molar-refractivity contribution in [2.45, 2.75) is 23.4 Å². The minimum Gasteiger partial charge on any atom is -0.378 e. The maximum Gasteiger partial charge on any atom is 0.228 e. The number of nitriles is 2. The summed E-state index contributed by atoms with van der Waals surface area (Å²) in [5.41, 5.74) is 4.52. The van der Waals surface area contributed by atoms with Crippen LogP contribution in [0.3, 0.4) is 0 Å². The molecule has 1 saturated heterocycles. The third kappa shape index (κ3) is 5.72. The van der Waals surface area contributed by atoms with Gasteiger partial charge in [0, 0.05) is 47.7 Å². The van der Waals surface area contributed by atoms with E-state index in [1.165, 1.54) is 12.0 Å². The molecule has 184 valence electrons. The minimum atomic E-state index is 0.145. The Morgan fingerprint density at radius 2 is 1.76 bits per heavy atom. The highest BCUT2D eigenvalue weighted by Gasteiger charge is 2.13. The molecule has 1 N–H and O–H groups in total. The number of nitrogens with zero attached hydrogens (tertiary/aromatic N) is 7. The summed E-state index contributed by atoms with van der Waals surface area (Å²) < 4.78 is 7.12. The molecule has 0 saturated carbocycles. The summed E-state index contributed by atoms with van der Waals surface area (Å²) in [6.45, 7) is 5.79. The Bertz CT molecular complexity index is 1460. The highest BCUT2D eigenvalue weighted by Crippen LogP contribution is 2.30. The van der Waals surface area contributed by atoms with Crippen LogP contribution >= 0.6 is 11.8 Å². The van der Waals surface area contributed by atoms with Crippen molar-refractivity contribution in [3.05, 3.63) is 83.6 Å².